The number of guanidine groups is 1. The van der Waals surface area contributed by atoms with E-state index < -0.39 is 0 Å². The molecule has 1 aliphatic rings. The van der Waals surface area contributed by atoms with Gasteiger partial charge in [0.05, 0.1) is 0 Å². The summed E-state index contributed by atoms with van der Waals surface area (Å²) >= 11 is 7.79. The molecule has 23 heavy (non-hydrogen) atoms. The summed E-state index contributed by atoms with van der Waals surface area (Å²) in [4.78, 5) is 5.61. The fourth-order valence-electron chi connectivity index (χ4n) is 2.52. The van der Waals surface area contributed by atoms with Crippen LogP contribution in [-0.2, 0) is 6.42 Å². The van der Waals surface area contributed by atoms with Crippen LogP contribution in [0.5, 0.6) is 0 Å². The summed E-state index contributed by atoms with van der Waals surface area (Å²) in [6.07, 6.45) is 1.70. The van der Waals surface area contributed by atoms with E-state index in [-0.39, 0.29) is 41.8 Å². The molecule has 1 saturated carbocycles. The highest BCUT2D eigenvalue weighted by Gasteiger charge is 2.41. The normalized spacial score (nSPS) is 20.0. The SMILES string of the molecule is I.NC(=NCCc1cccs1)N[C@@H]1C[C@H]1c1c(F)cccc1Cl. The van der Waals surface area contributed by atoms with E-state index in [1.54, 1.807) is 23.5 Å². The number of halogens is 3. The number of nitrogens with zero attached hydrogens (tertiary/aromatic N) is 1. The van der Waals surface area contributed by atoms with Crippen molar-refractivity contribution >= 4 is 52.9 Å². The zero-order valence-electron chi connectivity index (χ0n) is 12.3. The summed E-state index contributed by atoms with van der Waals surface area (Å²) < 4.78 is 13.8. The van der Waals surface area contributed by atoms with Gasteiger partial charge in [0.25, 0.3) is 0 Å². The lowest BCUT2D eigenvalue weighted by atomic mass is 10.1. The zero-order valence-corrected chi connectivity index (χ0v) is 16.2. The third kappa shape index (κ3) is 4.81. The molecule has 1 heterocycles. The number of rotatable bonds is 5. The minimum absolute atomic E-state index is 0. The number of nitrogens with one attached hydrogen (secondary N) is 1. The highest BCUT2D eigenvalue weighted by molar-refractivity contribution is 14.0. The Kier molecular flexibility index (Phi) is 6.67. The van der Waals surface area contributed by atoms with Crippen LogP contribution >= 0.6 is 46.9 Å². The predicted octanol–water partition coefficient (Wildman–Crippen LogP) is 4.16. The van der Waals surface area contributed by atoms with Crippen LogP contribution < -0.4 is 11.1 Å². The van der Waals surface area contributed by atoms with Gasteiger partial charge in [-0.3, -0.25) is 4.99 Å². The standard InChI is InChI=1S/C16H17ClFN3S.HI/c17-12-4-1-5-13(18)15(12)11-9-14(11)21-16(19)20-7-6-10-3-2-8-22-10;/h1-5,8,11,14H,6-7,9H2,(H3,19,20,21);1H/t11-,14-;/m1./s1. The van der Waals surface area contributed by atoms with Gasteiger partial charge in [0, 0.05) is 40.4 Å². The van der Waals surface area contributed by atoms with E-state index in [2.05, 4.69) is 16.4 Å². The van der Waals surface area contributed by atoms with E-state index in [4.69, 9.17) is 17.3 Å². The molecule has 1 aromatic heterocycles. The van der Waals surface area contributed by atoms with Crippen molar-refractivity contribution < 1.29 is 4.39 Å². The fourth-order valence-corrected chi connectivity index (χ4v) is 3.52. The summed E-state index contributed by atoms with van der Waals surface area (Å²) in [5.74, 6) is 0.228. The molecule has 7 heteroatoms. The average Bonchev–Trinajstić information content (AvgIpc) is 2.99. The van der Waals surface area contributed by atoms with Crippen LogP contribution in [0.25, 0.3) is 0 Å². The van der Waals surface area contributed by atoms with Crippen LogP contribution in [-0.4, -0.2) is 18.5 Å². The Labute approximate surface area is 161 Å². The van der Waals surface area contributed by atoms with Crippen molar-refractivity contribution in [2.24, 2.45) is 10.7 Å². The third-order valence-electron chi connectivity index (χ3n) is 3.71. The maximum Gasteiger partial charge on any atom is 0.188 e. The molecule has 1 aliphatic carbocycles. The van der Waals surface area contributed by atoms with E-state index in [0.29, 0.717) is 23.1 Å². The smallest absolute Gasteiger partial charge is 0.188 e. The Morgan fingerprint density at radius 3 is 2.91 bits per heavy atom. The minimum atomic E-state index is -0.255. The molecule has 3 N–H and O–H groups in total. The van der Waals surface area contributed by atoms with Crippen molar-refractivity contribution in [1.29, 1.82) is 0 Å². The molecule has 2 aromatic rings. The predicted molar refractivity (Wildman–Crippen MR) is 106 cm³/mol. The molecule has 0 unspecified atom stereocenters. The van der Waals surface area contributed by atoms with Crippen LogP contribution in [0.15, 0.2) is 40.7 Å². The molecule has 0 aliphatic heterocycles. The number of thiophene rings is 1. The van der Waals surface area contributed by atoms with Gasteiger partial charge < -0.3 is 11.1 Å². The molecule has 3 nitrogen and oxygen atoms in total. The molecule has 0 amide bonds. The first kappa shape index (κ1) is 18.5. The number of hydrogen-bond donors (Lipinski definition) is 2. The Hall–Kier alpha value is -0.860. The van der Waals surface area contributed by atoms with Gasteiger partial charge in [-0.25, -0.2) is 4.39 Å². The molecule has 0 radical (unpaired) electrons. The molecule has 2 atom stereocenters. The fraction of sp³-hybridized carbons (Fsp3) is 0.312. The topological polar surface area (TPSA) is 50.4 Å². The summed E-state index contributed by atoms with van der Waals surface area (Å²) in [5.41, 5.74) is 6.46. The van der Waals surface area contributed by atoms with Crippen LogP contribution in [0, 0.1) is 5.82 Å². The number of benzene rings is 1. The van der Waals surface area contributed by atoms with Gasteiger partial charge in [-0.1, -0.05) is 23.7 Å². The van der Waals surface area contributed by atoms with Gasteiger partial charge in [0.2, 0.25) is 0 Å². The summed E-state index contributed by atoms with van der Waals surface area (Å²) in [7, 11) is 0. The number of hydrogen-bond acceptors (Lipinski definition) is 2. The van der Waals surface area contributed by atoms with Crippen molar-refractivity contribution in [2.75, 3.05) is 6.54 Å². The summed E-state index contributed by atoms with van der Waals surface area (Å²) in [5, 5.41) is 5.67. The Balaban J connectivity index is 0.00000192. The van der Waals surface area contributed by atoms with Gasteiger partial charge >= 0.3 is 0 Å². The van der Waals surface area contributed by atoms with Crippen molar-refractivity contribution in [3.05, 3.63) is 57.0 Å². The molecule has 0 bridgehead atoms. The summed E-state index contributed by atoms with van der Waals surface area (Å²) in [6.45, 7) is 0.650. The minimum Gasteiger partial charge on any atom is -0.370 e. The lowest BCUT2D eigenvalue weighted by Gasteiger charge is -2.07. The van der Waals surface area contributed by atoms with Crippen LogP contribution in [0.2, 0.25) is 5.02 Å². The lowest BCUT2D eigenvalue weighted by molar-refractivity contribution is 0.608. The van der Waals surface area contributed by atoms with Crippen molar-refractivity contribution in [3.63, 3.8) is 0 Å². The average molecular weight is 466 g/mol. The maximum absolute atomic E-state index is 13.8. The van der Waals surface area contributed by atoms with Gasteiger partial charge in [-0.2, -0.15) is 0 Å². The van der Waals surface area contributed by atoms with Gasteiger partial charge in [0.15, 0.2) is 5.96 Å². The molecule has 1 aromatic carbocycles. The van der Waals surface area contributed by atoms with Gasteiger partial charge in [-0.15, -0.1) is 35.3 Å². The maximum atomic E-state index is 13.8. The Morgan fingerprint density at radius 1 is 1.39 bits per heavy atom. The van der Waals surface area contributed by atoms with Crippen LogP contribution in [0.3, 0.4) is 0 Å². The molecular formula is C16H18ClFIN3S. The summed E-state index contributed by atoms with van der Waals surface area (Å²) in [6, 6.07) is 8.99. The van der Waals surface area contributed by atoms with Crippen LogP contribution in [0.4, 0.5) is 4.39 Å². The second kappa shape index (κ2) is 8.30. The second-order valence-electron chi connectivity index (χ2n) is 5.32. The quantitative estimate of drug-likeness (QED) is 0.396. The molecule has 124 valence electrons. The third-order valence-corrected chi connectivity index (χ3v) is 4.98. The first-order chi connectivity index (χ1) is 10.6. The van der Waals surface area contributed by atoms with E-state index >= 15 is 0 Å². The first-order valence-corrected chi connectivity index (χ1v) is 8.43. The Bertz CT molecular complexity index is 658. The van der Waals surface area contributed by atoms with Crippen molar-refractivity contribution in [3.8, 4) is 0 Å². The zero-order chi connectivity index (χ0) is 15.5. The highest BCUT2D eigenvalue weighted by Crippen LogP contribution is 2.44. The van der Waals surface area contributed by atoms with E-state index in [9.17, 15) is 4.39 Å². The van der Waals surface area contributed by atoms with Gasteiger partial charge in [-0.05, 0) is 30.0 Å². The molecule has 1 fully saturated rings. The molecule has 3 rings (SSSR count). The van der Waals surface area contributed by atoms with Crippen LogP contribution in [0.1, 0.15) is 22.8 Å². The van der Waals surface area contributed by atoms with Crippen molar-refractivity contribution in [1.82, 2.24) is 5.32 Å². The van der Waals surface area contributed by atoms with E-state index in [1.807, 2.05) is 11.4 Å². The largest absolute Gasteiger partial charge is 0.370 e. The number of aliphatic imine (C=N–C) groups is 1. The molecular weight excluding hydrogens is 448 g/mol. The monoisotopic (exact) mass is 465 g/mol. The van der Waals surface area contributed by atoms with Crippen molar-refractivity contribution in [2.45, 2.75) is 24.8 Å². The molecule has 0 spiro atoms. The van der Waals surface area contributed by atoms with E-state index in [1.165, 1.54) is 10.9 Å². The van der Waals surface area contributed by atoms with E-state index in [0.717, 1.165) is 12.8 Å². The number of nitrogens with two attached hydrogens (primary N) is 1. The molecule has 0 saturated heterocycles. The first-order valence-electron chi connectivity index (χ1n) is 7.18. The van der Waals surface area contributed by atoms with Gasteiger partial charge in [0.1, 0.15) is 5.82 Å². The second-order valence-corrected chi connectivity index (χ2v) is 6.76. The Morgan fingerprint density at radius 2 is 2.22 bits per heavy atom. The highest BCUT2D eigenvalue weighted by atomic mass is 127. The lowest BCUT2D eigenvalue weighted by Crippen LogP contribution is -2.34.